The number of rotatable bonds is 6. The fraction of sp³-hybridized carbons (Fsp3) is 0.214. The lowest BCUT2D eigenvalue weighted by atomic mass is 10.3. The molecular formula is C14H12Cl2F3N3O2S. The molecule has 0 spiro atoms. The van der Waals surface area contributed by atoms with Crippen LogP contribution in [0.5, 0.6) is 0 Å². The van der Waals surface area contributed by atoms with Crippen LogP contribution in [0.25, 0.3) is 0 Å². The van der Waals surface area contributed by atoms with Crippen LogP contribution in [0.3, 0.4) is 0 Å². The molecule has 0 saturated carbocycles. The van der Waals surface area contributed by atoms with E-state index in [4.69, 9.17) is 23.2 Å². The lowest BCUT2D eigenvalue weighted by Crippen LogP contribution is -2.29. The number of nitrogens with zero attached hydrogens (tertiary/aromatic N) is 1. The highest BCUT2D eigenvalue weighted by atomic mass is 35.5. The third kappa shape index (κ3) is 5.21. The van der Waals surface area contributed by atoms with Crippen molar-refractivity contribution in [2.45, 2.75) is 11.1 Å². The van der Waals surface area contributed by atoms with E-state index in [2.05, 4.69) is 15.0 Å². The summed E-state index contributed by atoms with van der Waals surface area (Å²) in [5.74, 6) is 0.0200. The van der Waals surface area contributed by atoms with E-state index >= 15 is 0 Å². The smallest absolute Gasteiger partial charge is 0.368 e. The highest BCUT2D eigenvalue weighted by Gasteiger charge is 2.31. The van der Waals surface area contributed by atoms with Crippen molar-refractivity contribution in [1.82, 2.24) is 9.71 Å². The number of alkyl halides is 3. The fourth-order valence-corrected chi connectivity index (χ4v) is 3.61. The number of benzene rings is 1. The summed E-state index contributed by atoms with van der Waals surface area (Å²) < 4.78 is 64.1. The maximum Gasteiger partial charge on any atom is 0.417 e. The quantitative estimate of drug-likeness (QED) is 0.706. The highest BCUT2D eigenvalue weighted by Crippen LogP contribution is 2.32. The largest absolute Gasteiger partial charge is 0.417 e. The summed E-state index contributed by atoms with van der Waals surface area (Å²) in [6.45, 7) is 0.00829. The minimum absolute atomic E-state index is 0.0200. The molecule has 0 bridgehead atoms. The van der Waals surface area contributed by atoms with Gasteiger partial charge in [-0.05, 0) is 18.2 Å². The van der Waals surface area contributed by atoms with Gasteiger partial charge in [0.1, 0.15) is 10.7 Å². The Kier molecular flexibility index (Phi) is 6.15. The summed E-state index contributed by atoms with van der Waals surface area (Å²) in [5.41, 5.74) is -0.970. The number of aromatic nitrogens is 1. The Hall–Kier alpha value is -1.55. The van der Waals surface area contributed by atoms with E-state index in [1.807, 2.05) is 0 Å². The van der Waals surface area contributed by atoms with E-state index < -0.39 is 21.8 Å². The number of sulfonamides is 1. The van der Waals surface area contributed by atoms with Crippen LogP contribution in [0.2, 0.25) is 10.0 Å². The molecule has 0 fully saturated rings. The summed E-state index contributed by atoms with van der Waals surface area (Å²) in [6, 6.07) is 6.67. The Labute approximate surface area is 152 Å². The van der Waals surface area contributed by atoms with Gasteiger partial charge in [0.2, 0.25) is 10.0 Å². The Morgan fingerprint density at radius 2 is 1.76 bits per heavy atom. The summed E-state index contributed by atoms with van der Waals surface area (Å²) in [5, 5.41) is 2.52. The molecule has 1 heterocycles. The number of hydrogen-bond donors (Lipinski definition) is 2. The molecule has 2 N–H and O–H groups in total. The zero-order valence-electron chi connectivity index (χ0n) is 12.4. The summed E-state index contributed by atoms with van der Waals surface area (Å²) in [7, 11) is -3.81. The minimum atomic E-state index is -4.54. The van der Waals surface area contributed by atoms with Gasteiger partial charge in [-0.3, -0.25) is 0 Å². The first-order valence-corrected chi connectivity index (χ1v) is 9.06. The van der Waals surface area contributed by atoms with Crippen molar-refractivity contribution in [3.63, 3.8) is 0 Å². The Morgan fingerprint density at radius 3 is 2.36 bits per heavy atom. The van der Waals surface area contributed by atoms with E-state index in [0.29, 0.717) is 6.20 Å². The van der Waals surface area contributed by atoms with Crippen molar-refractivity contribution in [2.75, 3.05) is 18.4 Å². The molecule has 0 amide bonds. The first-order chi connectivity index (χ1) is 11.6. The number of nitrogens with one attached hydrogen (secondary N) is 2. The van der Waals surface area contributed by atoms with E-state index in [1.165, 1.54) is 18.2 Å². The summed E-state index contributed by atoms with van der Waals surface area (Å²) in [4.78, 5) is 3.52. The van der Waals surface area contributed by atoms with Crippen LogP contribution >= 0.6 is 23.2 Å². The van der Waals surface area contributed by atoms with E-state index in [0.717, 1.165) is 6.07 Å². The van der Waals surface area contributed by atoms with E-state index in [9.17, 15) is 21.6 Å². The van der Waals surface area contributed by atoms with Gasteiger partial charge in [0.15, 0.2) is 0 Å². The lowest BCUT2D eigenvalue weighted by molar-refractivity contribution is -0.137. The van der Waals surface area contributed by atoms with Crippen LogP contribution in [0.4, 0.5) is 19.0 Å². The van der Waals surface area contributed by atoms with Gasteiger partial charge in [-0.25, -0.2) is 18.1 Å². The molecule has 0 atom stereocenters. The zero-order valence-corrected chi connectivity index (χ0v) is 14.8. The average Bonchev–Trinajstić information content (AvgIpc) is 2.52. The van der Waals surface area contributed by atoms with Crippen LogP contribution < -0.4 is 10.0 Å². The van der Waals surface area contributed by atoms with Crippen molar-refractivity contribution in [3.05, 3.63) is 52.1 Å². The molecule has 0 saturated heterocycles. The molecule has 0 unspecified atom stereocenters. The predicted octanol–water partition coefficient (Wildman–Crippen LogP) is 3.80. The van der Waals surface area contributed by atoms with Crippen molar-refractivity contribution in [2.24, 2.45) is 0 Å². The molecule has 2 aromatic rings. The van der Waals surface area contributed by atoms with Gasteiger partial charge in [-0.2, -0.15) is 13.2 Å². The van der Waals surface area contributed by atoms with Gasteiger partial charge in [0.05, 0.1) is 15.6 Å². The molecule has 1 aromatic heterocycles. The first-order valence-electron chi connectivity index (χ1n) is 6.82. The van der Waals surface area contributed by atoms with Crippen LogP contribution in [-0.4, -0.2) is 26.5 Å². The lowest BCUT2D eigenvalue weighted by Gasteiger charge is -2.12. The van der Waals surface area contributed by atoms with Crippen molar-refractivity contribution >= 4 is 39.0 Å². The third-order valence-corrected chi connectivity index (χ3v) is 5.25. The minimum Gasteiger partial charge on any atom is -0.368 e. The molecule has 0 aliphatic heterocycles. The molecule has 5 nitrogen and oxygen atoms in total. The standard InChI is InChI=1S/C14H12Cl2F3N3O2S/c15-10-3-1-2-4-12(10)25(23,24)22-6-5-20-13-11(16)7-9(8-21-13)14(17,18)19/h1-4,7-8,22H,5-6H2,(H,20,21). The zero-order chi connectivity index (χ0) is 18.7. The molecule has 136 valence electrons. The van der Waals surface area contributed by atoms with Crippen molar-refractivity contribution in [1.29, 1.82) is 0 Å². The number of halogens is 5. The average molecular weight is 414 g/mol. The molecule has 0 aliphatic rings. The van der Waals surface area contributed by atoms with Gasteiger partial charge in [0, 0.05) is 19.3 Å². The Bertz CT molecular complexity index is 861. The monoisotopic (exact) mass is 413 g/mol. The van der Waals surface area contributed by atoms with Gasteiger partial charge >= 0.3 is 6.18 Å². The van der Waals surface area contributed by atoms with Gasteiger partial charge < -0.3 is 5.32 Å². The van der Waals surface area contributed by atoms with Gasteiger partial charge in [-0.15, -0.1) is 0 Å². The second kappa shape index (κ2) is 7.77. The molecule has 1 aromatic carbocycles. The normalized spacial score (nSPS) is 12.2. The predicted molar refractivity (Wildman–Crippen MR) is 89.4 cm³/mol. The van der Waals surface area contributed by atoms with E-state index in [-0.39, 0.29) is 33.8 Å². The second-order valence-electron chi connectivity index (χ2n) is 4.81. The third-order valence-electron chi connectivity index (χ3n) is 3.00. The van der Waals surface area contributed by atoms with Crippen molar-refractivity contribution < 1.29 is 21.6 Å². The maximum atomic E-state index is 12.5. The number of anilines is 1. The fourth-order valence-electron chi connectivity index (χ4n) is 1.83. The van der Waals surface area contributed by atoms with Gasteiger partial charge in [0.25, 0.3) is 0 Å². The van der Waals surface area contributed by atoms with Crippen LogP contribution in [0.1, 0.15) is 5.56 Å². The SMILES string of the molecule is O=S(=O)(NCCNc1ncc(C(F)(F)F)cc1Cl)c1ccccc1Cl. The first kappa shape index (κ1) is 19.8. The van der Waals surface area contributed by atoms with Crippen LogP contribution in [0.15, 0.2) is 41.4 Å². The Morgan fingerprint density at radius 1 is 1.08 bits per heavy atom. The van der Waals surface area contributed by atoms with Crippen LogP contribution in [-0.2, 0) is 16.2 Å². The Balaban J connectivity index is 1.94. The molecular weight excluding hydrogens is 402 g/mol. The van der Waals surface area contributed by atoms with E-state index in [1.54, 1.807) is 6.07 Å². The summed E-state index contributed by atoms with van der Waals surface area (Å²) >= 11 is 11.6. The maximum absolute atomic E-state index is 12.5. The second-order valence-corrected chi connectivity index (χ2v) is 7.36. The van der Waals surface area contributed by atoms with Gasteiger partial charge in [-0.1, -0.05) is 35.3 Å². The van der Waals surface area contributed by atoms with Crippen molar-refractivity contribution in [3.8, 4) is 0 Å². The molecule has 25 heavy (non-hydrogen) atoms. The molecule has 2 rings (SSSR count). The summed E-state index contributed by atoms with van der Waals surface area (Å²) in [6.07, 6.45) is -3.90. The molecule has 0 radical (unpaired) electrons. The topological polar surface area (TPSA) is 71.1 Å². The number of pyridine rings is 1. The number of hydrogen-bond acceptors (Lipinski definition) is 4. The highest BCUT2D eigenvalue weighted by molar-refractivity contribution is 7.89. The molecule has 11 heteroatoms. The molecule has 0 aliphatic carbocycles. The van der Waals surface area contributed by atoms with Crippen LogP contribution in [0, 0.1) is 0 Å².